The van der Waals surface area contributed by atoms with Gasteiger partial charge in [-0.1, -0.05) is 23.8 Å². The Bertz CT molecular complexity index is 651. The number of ether oxygens (including phenoxy) is 1. The minimum atomic E-state index is -4.44. The fraction of sp³-hybridized carbons (Fsp3) is 0.188. The van der Waals surface area contributed by atoms with Gasteiger partial charge in [0, 0.05) is 5.69 Å². The second kappa shape index (κ2) is 6.51. The van der Waals surface area contributed by atoms with Gasteiger partial charge < -0.3 is 10.1 Å². The first kappa shape index (κ1) is 15.9. The summed E-state index contributed by atoms with van der Waals surface area (Å²) in [6.07, 6.45) is -4.44. The lowest BCUT2D eigenvalue weighted by Gasteiger charge is -2.10. The smallest absolute Gasteiger partial charge is 0.416 e. The van der Waals surface area contributed by atoms with Gasteiger partial charge in [-0.05, 0) is 37.3 Å². The molecule has 0 bridgehead atoms. The Morgan fingerprint density at radius 3 is 2.45 bits per heavy atom. The molecule has 0 spiro atoms. The van der Waals surface area contributed by atoms with Gasteiger partial charge in [0.25, 0.3) is 5.91 Å². The fourth-order valence-electron chi connectivity index (χ4n) is 1.75. The molecule has 116 valence electrons. The minimum absolute atomic E-state index is 0.00567. The van der Waals surface area contributed by atoms with Crippen molar-refractivity contribution in [3.63, 3.8) is 0 Å². The summed E-state index contributed by atoms with van der Waals surface area (Å²) in [5.74, 6) is -0.449. The molecular formula is C16H14F3NO2. The van der Waals surface area contributed by atoms with Crippen LogP contribution in [-0.2, 0) is 11.0 Å². The molecule has 1 N–H and O–H groups in total. The topological polar surface area (TPSA) is 38.3 Å². The molecule has 0 aliphatic carbocycles. The number of hydrogen-bond donors (Lipinski definition) is 1. The molecule has 0 radical (unpaired) electrons. The highest BCUT2D eigenvalue weighted by Crippen LogP contribution is 2.31. The van der Waals surface area contributed by atoms with Gasteiger partial charge >= 0.3 is 6.18 Å². The normalized spacial score (nSPS) is 11.1. The van der Waals surface area contributed by atoms with Crippen molar-refractivity contribution in [2.75, 3.05) is 11.9 Å². The lowest BCUT2D eigenvalue weighted by molar-refractivity contribution is -0.137. The van der Waals surface area contributed by atoms with Crippen LogP contribution >= 0.6 is 0 Å². The number of halogens is 3. The Kier molecular flexibility index (Phi) is 4.70. The molecule has 3 nitrogen and oxygen atoms in total. The minimum Gasteiger partial charge on any atom is -0.484 e. The van der Waals surface area contributed by atoms with Crippen LogP contribution in [0, 0.1) is 6.92 Å². The highest BCUT2D eigenvalue weighted by atomic mass is 19.4. The second-order valence-corrected chi connectivity index (χ2v) is 4.73. The molecule has 22 heavy (non-hydrogen) atoms. The van der Waals surface area contributed by atoms with Crippen LogP contribution in [0.25, 0.3) is 0 Å². The molecule has 2 rings (SSSR count). The van der Waals surface area contributed by atoms with Crippen molar-refractivity contribution >= 4 is 11.6 Å². The monoisotopic (exact) mass is 309 g/mol. The predicted molar refractivity (Wildman–Crippen MR) is 76.7 cm³/mol. The first-order valence-corrected chi connectivity index (χ1v) is 6.51. The SMILES string of the molecule is Cc1ccc(NC(=O)COc2cccc(C(F)(F)F)c2)cc1. The summed E-state index contributed by atoms with van der Waals surface area (Å²) >= 11 is 0. The molecule has 0 fully saturated rings. The van der Waals surface area contributed by atoms with Gasteiger partial charge in [0.1, 0.15) is 5.75 Å². The number of benzene rings is 2. The molecule has 0 heterocycles. The zero-order chi connectivity index (χ0) is 16.2. The first-order chi connectivity index (χ1) is 10.3. The number of alkyl halides is 3. The number of carbonyl (C=O) groups excluding carboxylic acids is 1. The van der Waals surface area contributed by atoms with Gasteiger partial charge in [0.05, 0.1) is 5.56 Å². The van der Waals surface area contributed by atoms with Crippen molar-refractivity contribution in [2.24, 2.45) is 0 Å². The highest BCUT2D eigenvalue weighted by molar-refractivity contribution is 5.91. The number of carbonyl (C=O) groups is 1. The summed E-state index contributed by atoms with van der Waals surface area (Å²) < 4.78 is 42.7. The van der Waals surface area contributed by atoms with Crippen molar-refractivity contribution < 1.29 is 22.7 Å². The Hall–Kier alpha value is -2.50. The van der Waals surface area contributed by atoms with E-state index in [4.69, 9.17) is 4.74 Å². The molecule has 1 amide bonds. The van der Waals surface area contributed by atoms with Gasteiger partial charge in [-0.3, -0.25) is 4.79 Å². The van der Waals surface area contributed by atoms with Crippen LogP contribution in [-0.4, -0.2) is 12.5 Å². The molecular weight excluding hydrogens is 295 g/mol. The van der Waals surface area contributed by atoms with Gasteiger partial charge in [0.15, 0.2) is 6.61 Å². The Morgan fingerprint density at radius 1 is 1.14 bits per heavy atom. The molecule has 0 saturated heterocycles. The largest absolute Gasteiger partial charge is 0.484 e. The van der Waals surface area contributed by atoms with Crippen LogP contribution in [0.3, 0.4) is 0 Å². The summed E-state index contributed by atoms with van der Waals surface area (Å²) in [4.78, 5) is 11.7. The number of aryl methyl sites for hydroxylation is 1. The van der Waals surface area contributed by atoms with E-state index in [0.717, 1.165) is 17.7 Å². The van der Waals surface area contributed by atoms with Crippen molar-refractivity contribution in [3.05, 3.63) is 59.7 Å². The predicted octanol–water partition coefficient (Wildman–Crippen LogP) is 4.03. The van der Waals surface area contributed by atoms with E-state index in [2.05, 4.69) is 5.32 Å². The Labute approximate surface area is 125 Å². The number of amides is 1. The number of hydrogen-bond acceptors (Lipinski definition) is 2. The molecule has 0 atom stereocenters. The van der Waals surface area contributed by atoms with Crippen molar-refractivity contribution in [3.8, 4) is 5.75 Å². The molecule has 2 aromatic rings. The summed E-state index contributed by atoms with van der Waals surface area (Å²) in [5, 5.41) is 2.60. The average Bonchev–Trinajstić information content (AvgIpc) is 2.47. The van der Waals surface area contributed by atoms with Gasteiger partial charge in [-0.15, -0.1) is 0 Å². The average molecular weight is 309 g/mol. The number of anilines is 1. The van der Waals surface area contributed by atoms with Crippen LogP contribution in [0.2, 0.25) is 0 Å². The Balaban J connectivity index is 1.92. The van der Waals surface area contributed by atoms with E-state index in [-0.39, 0.29) is 12.4 Å². The summed E-state index contributed by atoms with van der Waals surface area (Å²) in [5.41, 5.74) is 0.838. The van der Waals surface area contributed by atoms with Crippen LogP contribution in [0.5, 0.6) is 5.75 Å². The highest BCUT2D eigenvalue weighted by Gasteiger charge is 2.30. The first-order valence-electron chi connectivity index (χ1n) is 6.51. The van der Waals surface area contributed by atoms with Crippen LogP contribution in [0.4, 0.5) is 18.9 Å². The van der Waals surface area contributed by atoms with E-state index >= 15 is 0 Å². The van der Waals surface area contributed by atoms with Crippen molar-refractivity contribution in [2.45, 2.75) is 13.1 Å². The maximum absolute atomic E-state index is 12.6. The van der Waals surface area contributed by atoms with Crippen molar-refractivity contribution in [1.29, 1.82) is 0 Å². The lowest BCUT2D eigenvalue weighted by Crippen LogP contribution is -2.20. The van der Waals surface area contributed by atoms with Crippen molar-refractivity contribution in [1.82, 2.24) is 0 Å². The van der Waals surface area contributed by atoms with E-state index in [1.165, 1.54) is 12.1 Å². The van der Waals surface area contributed by atoms with E-state index in [1.807, 2.05) is 19.1 Å². The summed E-state index contributed by atoms with van der Waals surface area (Å²) in [6, 6.07) is 11.5. The molecule has 0 aromatic heterocycles. The third kappa shape index (κ3) is 4.51. The summed E-state index contributed by atoms with van der Waals surface area (Å²) in [7, 11) is 0. The van der Waals surface area contributed by atoms with Gasteiger partial charge in [-0.25, -0.2) is 0 Å². The van der Waals surface area contributed by atoms with E-state index in [0.29, 0.717) is 5.69 Å². The van der Waals surface area contributed by atoms with Gasteiger partial charge in [0.2, 0.25) is 0 Å². The van der Waals surface area contributed by atoms with E-state index < -0.39 is 17.6 Å². The van der Waals surface area contributed by atoms with Crippen LogP contribution in [0.1, 0.15) is 11.1 Å². The zero-order valence-electron chi connectivity index (χ0n) is 11.8. The molecule has 0 aliphatic heterocycles. The van der Waals surface area contributed by atoms with Crippen LogP contribution in [0.15, 0.2) is 48.5 Å². The maximum Gasteiger partial charge on any atom is 0.416 e. The van der Waals surface area contributed by atoms with Gasteiger partial charge in [-0.2, -0.15) is 13.2 Å². The molecule has 0 saturated carbocycles. The summed E-state index contributed by atoms with van der Waals surface area (Å²) in [6.45, 7) is 1.55. The maximum atomic E-state index is 12.6. The van der Waals surface area contributed by atoms with E-state index in [1.54, 1.807) is 12.1 Å². The third-order valence-electron chi connectivity index (χ3n) is 2.87. The zero-order valence-corrected chi connectivity index (χ0v) is 11.8. The molecule has 0 aliphatic rings. The Morgan fingerprint density at radius 2 is 1.82 bits per heavy atom. The number of rotatable bonds is 4. The standard InChI is InChI=1S/C16H14F3NO2/c1-11-5-7-13(8-6-11)20-15(21)10-22-14-4-2-3-12(9-14)16(17,18)19/h2-9H,10H2,1H3,(H,20,21). The quantitative estimate of drug-likeness (QED) is 0.926. The molecule has 2 aromatic carbocycles. The van der Waals surface area contributed by atoms with E-state index in [9.17, 15) is 18.0 Å². The molecule has 0 unspecified atom stereocenters. The van der Waals surface area contributed by atoms with Crippen LogP contribution < -0.4 is 10.1 Å². The lowest BCUT2D eigenvalue weighted by atomic mass is 10.2. The fourth-order valence-corrected chi connectivity index (χ4v) is 1.75. The third-order valence-corrected chi connectivity index (χ3v) is 2.87. The number of nitrogens with one attached hydrogen (secondary N) is 1. The second-order valence-electron chi connectivity index (χ2n) is 4.73. The molecule has 6 heteroatoms.